The SMILES string of the molecule is COC(=O)C(I)CNC(=O)c1cc(O)ccc1O. The molecule has 18 heavy (non-hydrogen) atoms. The molecule has 1 unspecified atom stereocenters. The third-order valence-electron chi connectivity index (χ3n) is 2.12. The van der Waals surface area contributed by atoms with Crippen molar-refractivity contribution < 1.29 is 24.5 Å². The van der Waals surface area contributed by atoms with E-state index in [4.69, 9.17) is 0 Å². The number of ether oxygens (including phenoxy) is 1. The second-order valence-electron chi connectivity index (χ2n) is 3.40. The van der Waals surface area contributed by atoms with Gasteiger partial charge < -0.3 is 20.3 Å². The Labute approximate surface area is 117 Å². The number of nitrogens with one attached hydrogen (secondary N) is 1. The minimum Gasteiger partial charge on any atom is -0.508 e. The maximum absolute atomic E-state index is 11.7. The molecule has 3 N–H and O–H groups in total. The van der Waals surface area contributed by atoms with Gasteiger partial charge in [0.15, 0.2) is 0 Å². The average molecular weight is 365 g/mol. The Kier molecular flexibility index (Phi) is 5.20. The topological polar surface area (TPSA) is 95.9 Å². The molecule has 0 aliphatic rings. The van der Waals surface area contributed by atoms with Crippen LogP contribution in [0.15, 0.2) is 18.2 Å². The highest BCUT2D eigenvalue weighted by molar-refractivity contribution is 14.1. The first kappa shape index (κ1) is 14.6. The van der Waals surface area contributed by atoms with Crippen LogP contribution >= 0.6 is 22.6 Å². The van der Waals surface area contributed by atoms with E-state index in [1.165, 1.54) is 19.2 Å². The van der Waals surface area contributed by atoms with Crippen LogP contribution in [0.5, 0.6) is 11.5 Å². The summed E-state index contributed by atoms with van der Waals surface area (Å²) < 4.78 is 3.99. The fraction of sp³-hybridized carbons (Fsp3) is 0.273. The number of carbonyl (C=O) groups excluding carboxylic acids is 2. The summed E-state index contributed by atoms with van der Waals surface area (Å²) in [5.74, 6) is -1.39. The second kappa shape index (κ2) is 6.43. The minimum atomic E-state index is -0.575. The van der Waals surface area contributed by atoms with Crippen LogP contribution in [0.4, 0.5) is 0 Å². The highest BCUT2D eigenvalue weighted by atomic mass is 127. The predicted octanol–water partition coefficient (Wildman–Crippen LogP) is 0.804. The van der Waals surface area contributed by atoms with E-state index in [1.807, 2.05) is 22.6 Å². The van der Waals surface area contributed by atoms with Crippen LogP contribution < -0.4 is 5.32 Å². The lowest BCUT2D eigenvalue weighted by molar-refractivity contribution is -0.139. The summed E-state index contributed by atoms with van der Waals surface area (Å²) in [5.41, 5.74) is -0.0523. The van der Waals surface area contributed by atoms with Crippen molar-refractivity contribution in [1.29, 1.82) is 0 Å². The highest BCUT2D eigenvalue weighted by Crippen LogP contribution is 2.21. The standard InChI is InChI=1S/C11H12INO5/c1-18-11(17)8(12)5-13-10(16)7-4-6(14)2-3-9(7)15/h2-4,8,14-15H,5H2,1H3,(H,13,16). The number of halogens is 1. The van der Waals surface area contributed by atoms with E-state index in [9.17, 15) is 19.8 Å². The number of hydrogen-bond donors (Lipinski definition) is 3. The molecular formula is C11H12INO5. The summed E-state index contributed by atoms with van der Waals surface area (Å²) in [6, 6.07) is 3.62. The summed E-state index contributed by atoms with van der Waals surface area (Å²) in [5, 5.41) is 21.1. The van der Waals surface area contributed by atoms with Gasteiger partial charge in [-0.25, -0.2) is 0 Å². The molecule has 0 aromatic heterocycles. The van der Waals surface area contributed by atoms with Gasteiger partial charge in [0.1, 0.15) is 15.4 Å². The second-order valence-corrected chi connectivity index (χ2v) is 4.91. The molecule has 0 spiro atoms. The van der Waals surface area contributed by atoms with E-state index in [0.29, 0.717) is 0 Å². The van der Waals surface area contributed by atoms with Gasteiger partial charge in [-0.3, -0.25) is 9.59 Å². The van der Waals surface area contributed by atoms with Gasteiger partial charge in [0.25, 0.3) is 5.91 Å². The third kappa shape index (κ3) is 3.76. The van der Waals surface area contributed by atoms with Crippen LogP contribution in [0.1, 0.15) is 10.4 Å². The van der Waals surface area contributed by atoms with Gasteiger partial charge in [-0.15, -0.1) is 0 Å². The lowest BCUT2D eigenvalue weighted by Crippen LogP contribution is -2.33. The zero-order valence-corrected chi connectivity index (χ0v) is 11.7. The Hall–Kier alpha value is -1.51. The first-order chi connectivity index (χ1) is 8.45. The number of phenolic OH excluding ortho intramolecular Hbond substituents is 2. The van der Waals surface area contributed by atoms with Crippen LogP contribution in [-0.4, -0.2) is 39.7 Å². The number of methoxy groups -OCH3 is 1. The third-order valence-corrected chi connectivity index (χ3v) is 3.07. The molecule has 98 valence electrons. The maximum Gasteiger partial charge on any atom is 0.320 e. The van der Waals surface area contributed by atoms with Crippen LogP contribution in [0, 0.1) is 0 Å². The maximum atomic E-state index is 11.7. The summed E-state index contributed by atoms with van der Waals surface area (Å²) >= 11 is 1.83. The first-order valence-corrected chi connectivity index (χ1v) is 6.22. The van der Waals surface area contributed by atoms with Crippen LogP contribution in [0.25, 0.3) is 0 Å². The van der Waals surface area contributed by atoms with E-state index in [2.05, 4.69) is 10.1 Å². The van der Waals surface area contributed by atoms with Gasteiger partial charge in [-0.05, 0) is 18.2 Å². The lowest BCUT2D eigenvalue weighted by atomic mass is 10.1. The average Bonchev–Trinajstić information content (AvgIpc) is 2.37. The Morgan fingerprint density at radius 2 is 2.11 bits per heavy atom. The van der Waals surface area contributed by atoms with Crippen molar-refractivity contribution in [2.24, 2.45) is 0 Å². The Morgan fingerprint density at radius 3 is 2.72 bits per heavy atom. The molecule has 0 saturated heterocycles. The Morgan fingerprint density at radius 1 is 1.44 bits per heavy atom. The first-order valence-electron chi connectivity index (χ1n) is 4.97. The van der Waals surface area contributed by atoms with Gasteiger partial charge >= 0.3 is 5.97 Å². The predicted molar refractivity (Wildman–Crippen MR) is 71.9 cm³/mol. The molecule has 0 fully saturated rings. The summed E-state index contributed by atoms with van der Waals surface area (Å²) in [7, 11) is 1.26. The van der Waals surface area contributed by atoms with E-state index < -0.39 is 15.8 Å². The summed E-state index contributed by atoms with van der Waals surface area (Å²) in [4.78, 5) is 22.8. The quantitative estimate of drug-likeness (QED) is 0.318. The van der Waals surface area contributed by atoms with E-state index in [0.717, 1.165) is 6.07 Å². The van der Waals surface area contributed by atoms with Gasteiger partial charge in [0.05, 0.1) is 12.7 Å². The normalized spacial score (nSPS) is 11.7. The largest absolute Gasteiger partial charge is 0.508 e. The molecule has 0 aliphatic heterocycles. The van der Waals surface area contributed by atoms with Crippen molar-refractivity contribution >= 4 is 34.5 Å². The van der Waals surface area contributed by atoms with Crippen molar-refractivity contribution in [3.05, 3.63) is 23.8 Å². The molecule has 1 aromatic carbocycles. The van der Waals surface area contributed by atoms with Crippen LogP contribution in [0.2, 0.25) is 0 Å². The van der Waals surface area contributed by atoms with Crippen molar-refractivity contribution in [1.82, 2.24) is 5.32 Å². The van der Waals surface area contributed by atoms with Gasteiger partial charge in [-0.2, -0.15) is 0 Å². The zero-order valence-electron chi connectivity index (χ0n) is 9.51. The zero-order chi connectivity index (χ0) is 13.7. The molecule has 1 amide bonds. The van der Waals surface area contributed by atoms with Gasteiger partial charge in [0.2, 0.25) is 0 Å². The molecule has 7 heteroatoms. The van der Waals surface area contributed by atoms with E-state index in [1.54, 1.807) is 0 Å². The van der Waals surface area contributed by atoms with Crippen molar-refractivity contribution in [3.8, 4) is 11.5 Å². The van der Waals surface area contributed by atoms with Gasteiger partial charge in [-0.1, -0.05) is 22.6 Å². The van der Waals surface area contributed by atoms with Crippen LogP contribution in [-0.2, 0) is 9.53 Å². The van der Waals surface area contributed by atoms with Gasteiger partial charge in [0, 0.05) is 6.54 Å². The number of alkyl halides is 1. The summed E-state index contributed by atoms with van der Waals surface area (Å²) in [6.07, 6.45) is 0. The minimum absolute atomic E-state index is 0.0523. The molecule has 0 radical (unpaired) electrons. The molecule has 0 bridgehead atoms. The number of aromatic hydroxyl groups is 2. The molecule has 1 rings (SSSR count). The van der Waals surface area contributed by atoms with Crippen LogP contribution in [0.3, 0.4) is 0 Å². The molecular weight excluding hydrogens is 353 g/mol. The number of rotatable bonds is 4. The van der Waals surface area contributed by atoms with Crippen molar-refractivity contribution in [2.45, 2.75) is 3.92 Å². The number of phenols is 2. The van der Waals surface area contributed by atoms with E-state index >= 15 is 0 Å². The summed E-state index contributed by atoms with van der Waals surface area (Å²) in [6.45, 7) is 0.0706. The Bertz CT molecular complexity index is 463. The monoisotopic (exact) mass is 365 g/mol. The number of carbonyl (C=O) groups is 2. The van der Waals surface area contributed by atoms with E-state index in [-0.39, 0.29) is 23.6 Å². The van der Waals surface area contributed by atoms with Crippen molar-refractivity contribution in [3.63, 3.8) is 0 Å². The lowest BCUT2D eigenvalue weighted by Gasteiger charge is -2.10. The van der Waals surface area contributed by atoms with Crippen molar-refractivity contribution in [2.75, 3.05) is 13.7 Å². The molecule has 0 saturated carbocycles. The molecule has 0 heterocycles. The number of esters is 1. The molecule has 6 nitrogen and oxygen atoms in total. The molecule has 1 aromatic rings. The smallest absolute Gasteiger partial charge is 0.320 e. The fourth-order valence-corrected chi connectivity index (χ4v) is 1.67. The molecule has 1 atom stereocenters. The number of benzene rings is 1. The number of hydrogen-bond acceptors (Lipinski definition) is 5. The highest BCUT2D eigenvalue weighted by Gasteiger charge is 2.18. The Balaban J connectivity index is 2.66. The fourth-order valence-electron chi connectivity index (χ4n) is 1.19. The number of amides is 1. The molecule has 0 aliphatic carbocycles.